The van der Waals surface area contributed by atoms with Gasteiger partial charge in [0.05, 0.1) is 30.4 Å². The van der Waals surface area contributed by atoms with E-state index < -0.39 is 0 Å². The van der Waals surface area contributed by atoms with E-state index in [-0.39, 0.29) is 17.2 Å². The topological polar surface area (TPSA) is 59.1 Å². The van der Waals surface area contributed by atoms with Gasteiger partial charge in [0.15, 0.2) is 0 Å². The molecular weight excluding hydrogens is 475 g/mol. The minimum atomic E-state index is -0.361. The van der Waals surface area contributed by atoms with E-state index in [0.717, 1.165) is 11.3 Å². The van der Waals surface area contributed by atoms with Crippen LogP contribution in [0.25, 0.3) is 0 Å². The van der Waals surface area contributed by atoms with Crippen LogP contribution in [-0.2, 0) is 9.53 Å². The molecule has 2 aliphatic heterocycles. The summed E-state index contributed by atoms with van der Waals surface area (Å²) < 4.78 is 11.6. The van der Waals surface area contributed by atoms with Gasteiger partial charge in [-0.2, -0.15) is 0 Å². The van der Waals surface area contributed by atoms with Crippen molar-refractivity contribution >= 4 is 35.0 Å². The molecule has 0 aromatic heterocycles. The first-order valence-electron chi connectivity index (χ1n) is 11.7. The quantitative estimate of drug-likeness (QED) is 0.563. The van der Waals surface area contributed by atoms with E-state index in [1.807, 2.05) is 47.1 Å². The van der Waals surface area contributed by atoms with Gasteiger partial charge in [0.1, 0.15) is 5.75 Å². The third kappa shape index (κ3) is 5.85. The van der Waals surface area contributed by atoms with Crippen LogP contribution in [0.4, 0.5) is 0 Å². The SMILES string of the molecule is Cc1cc(OCC2(CC(=O)N3CCOCC3)CCN(C(=O)c3ccccc3Cl)CC2)ccc1Cl. The van der Waals surface area contributed by atoms with Gasteiger partial charge in [-0.1, -0.05) is 35.3 Å². The molecule has 0 saturated carbocycles. The van der Waals surface area contributed by atoms with Crippen LogP contribution in [0.5, 0.6) is 5.75 Å². The van der Waals surface area contributed by atoms with Crippen molar-refractivity contribution in [2.75, 3.05) is 46.0 Å². The average molecular weight is 505 g/mol. The first-order chi connectivity index (χ1) is 16.4. The number of morpholine rings is 1. The standard InChI is InChI=1S/C26H30Cl2N2O4/c1-19-16-20(6-7-22(19)27)34-18-26(17-24(31)29-12-14-33-15-13-29)8-10-30(11-9-26)25(32)21-4-2-3-5-23(21)28/h2-7,16H,8-15,17-18H2,1H3. The second-order valence-corrected chi connectivity index (χ2v) is 9.96. The number of carbonyl (C=O) groups excluding carboxylic acids is 2. The molecule has 2 saturated heterocycles. The van der Waals surface area contributed by atoms with Gasteiger partial charge in [-0.3, -0.25) is 9.59 Å². The van der Waals surface area contributed by atoms with Crippen LogP contribution in [-0.4, -0.2) is 67.6 Å². The molecule has 0 unspecified atom stereocenters. The highest BCUT2D eigenvalue weighted by molar-refractivity contribution is 6.33. The number of likely N-dealkylation sites (tertiary alicyclic amines) is 1. The fourth-order valence-electron chi connectivity index (χ4n) is 4.55. The van der Waals surface area contributed by atoms with E-state index in [1.54, 1.807) is 12.1 Å². The molecule has 2 heterocycles. The molecule has 2 aromatic carbocycles. The number of hydrogen-bond acceptors (Lipinski definition) is 4. The molecular formula is C26H30Cl2N2O4. The van der Waals surface area contributed by atoms with Gasteiger partial charge in [0, 0.05) is 43.0 Å². The van der Waals surface area contributed by atoms with Crippen LogP contribution >= 0.6 is 23.2 Å². The minimum absolute atomic E-state index is 0.0760. The maximum absolute atomic E-state index is 13.2. The minimum Gasteiger partial charge on any atom is -0.493 e. The summed E-state index contributed by atoms with van der Waals surface area (Å²) in [5.74, 6) is 0.771. The summed E-state index contributed by atoms with van der Waals surface area (Å²) in [5.41, 5.74) is 1.09. The molecule has 2 fully saturated rings. The molecule has 182 valence electrons. The van der Waals surface area contributed by atoms with Gasteiger partial charge < -0.3 is 19.3 Å². The lowest BCUT2D eigenvalue weighted by molar-refractivity contribution is -0.139. The lowest BCUT2D eigenvalue weighted by atomic mass is 9.75. The molecule has 6 nitrogen and oxygen atoms in total. The summed E-state index contributed by atoms with van der Waals surface area (Å²) in [6.45, 7) is 5.79. The Kier molecular flexibility index (Phi) is 8.02. The average Bonchev–Trinajstić information content (AvgIpc) is 2.86. The number of ether oxygens (including phenoxy) is 2. The molecule has 0 spiro atoms. The maximum Gasteiger partial charge on any atom is 0.255 e. The Balaban J connectivity index is 1.47. The van der Waals surface area contributed by atoms with Crippen molar-refractivity contribution in [2.45, 2.75) is 26.2 Å². The second-order valence-electron chi connectivity index (χ2n) is 9.14. The smallest absolute Gasteiger partial charge is 0.255 e. The Morgan fingerprint density at radius 2 is 1.68 bits per heavy atom. The van der Waals surface area contributed by atoms with Crippen LogP contribution in [0, 0.1) is 12.3 Å². The Bertz CT molecular complexity index is 1030. The van der Waals surface area contributed by atoms with Crippen LogP contribution in [0.2, 0.25) is 10.0 Å². The van der Waals surface area contributed by atoms with Gasteiger partial charge >= 0.3 is 0 Å². The Morgan fingerprint density at radius 3 is 2.35 bits per heavy atom. The normalized spacial score (nSPS) is 18.0. The number of carbonyl (C=O) groups is 2. The van der Waals surface area contributed by atoms with Crippen molar-refractivity contribution in [2.24, 2.45) is 5.41 Å². The summed E-state index contributed by atoms with van der Waals surface area (Å²) in [6.07, 6.45) is 1.73. The van der Waals surface area contributed by atoms with Crippen molar-refractivity contribution in [1.29, 1.82) is 0 Å². The van der Waals surface area contributed by atoms with Crippen molar-refractivity contribution in [3.05, 3.63) is 63.6 Å². The molecule has 2 aliphatic rings. The summed E-state index contributed by atoms with van der Waals surface area (Å²) in [7, 11) is 0. The predicted molar refractivity (Wildman–Crippen MR) is 133 cm³/mol. The van der Waals surface area contributed by atoms with Gasteiger partial charge in [-0.15, -0.1) is 0 Å². The monoisotopic (exact) mass is 504 g/mol. The fraction of sp³-hybridized carbons (Fsp3) is 0.462. The largest absolute Gasteiger partial charge is 0.493 e. The van der Waals surface area contributed by atoms with E-state index in [4.69, 9.17) is 32.7 Å². The third-order valence-corrected chi connectivity index (χ3v) is 7.53. The Hall–Kier alpha value is -2.28. The van der Waals surface area contributed by atoms with Gasteiger partial charge in [0.25, 0.3) is 5.91 Å². The summed E-state index contributed by atoms with van der Waals surface area (Å²) in [6, 6.07) is 12.7. The number of benzene rings is 2. The van der Waals surface area contributed by atoms with Crippen molar-refractivity contribution in [1.82, 2.24) is 9.80 Å². The Labute approximate surface area is 210 Å². The van der Waals surface area contributed by atoms with E-state index in [9.17, 15) is 9.59 Å². The summed E-state index contributed by atoms with van der Waals surface area (Å²) in [4.78, 5) is 29.9. The zero-order valence-corrected chi connectivity index (χ0v) is 20.9. The molecule has 8 heteroatoms. The zero-order valence-electron chi connectivity index (χ0n) is 19.4. The molecule has 0 N–H and O–H groups in total. The number of amides is 2. The highest BCUT2D eigenvalue weighted by Gasteiger charge is 2.40. The lowest BCUT2D eigenvalue weighted by Gasteiger charge is -2.42. The zero-order chi connectivity index (χ0) is 24.1. The number of rotatable bonds is 6. The highest BCUT2D eigenvalue weighted by Crippen LogP contribution is 2.37. The first-order valence-corrected chi connectivity index (χ1v) is 12.4. The highest BCUT2D eigenvalue weighted by atomic mass is 35.5. The van der Waals surface area contributed by atoms with Crippen molar-refractivity contribution in [3.63, 3.8) is 0 Å². The molecule has 34 heavy (non-hydrogen) atoms. The summed E-state index contributed by atoms with van der Waals surface area (Å²) >= 11 is 12.4. The van der Waals surface area contributed by atoms with E-state index >= 15 is 0 Å². The van der Waals surface area contributed by atoms with Crippen LogP contribution in [0.3, 0.4) is 0 Å². The van der Waals surface area contributed by atoms with E-state index in [0.29, 0.717) is 80.9 Å². The summed E-state index contributed by atoms with van der Waals surface area (Å²) in [5, 5.41) is 1.14. The molecule has 0 radical (unpaired) electrons. The van der Waals surface area contributed by atoms with E-state index in [2.05, 4.69) is 0 Å². The number of aryl methyl sites for hydroxylation is 1. The van der Waals surface area contributed by atoms with Crippen LogP contribution < -0.4 is 4.74 Å². The number of hydrogen-bond donors (Lipinski definition) is 0. The van der Waals surface area contributed by atoms with Crippen molar-refractivity contribution < 1.29 is 19.1 Å². The molecule has 4 rings (SSSR count). The second kappa shape index (κ2) is 11.0. The number of piperidine rings is 1. The lowest BCUT2D eigenvalue weighted by Crippen LogP contribution is -2.49. The van der Waals surface area contributed by atoms with Crippen LogP contribution in [0.1, 0.15) is 35.2 Å². The number of nitrogens with zero attached hydrogens (tertiary/aromatic N) is 2. The molecule has 2 aromatic rings. The fourth-order valence-corrected chi connectivity index (χ4v) is 4.88. The number of halogens is 2. The maximum atomic E-state index is 13.2. The Morgan fingerprint density at radius 1 is 0.971 bits per heavy atom. The third-order valence-electron chi connectivity index (χ3n) is 6.78. The van der Waals surface area contributed by atoms with Crippen LogP contribution in [0.15, 0.2) is 42.5 Å². The van der Waals surface area contributed by atoms with Crippen molar-refractivity contribution in [3.8, 4) is 5.75 Å². The van der Waals surface area contributed by atoms with Gasteiger partial charge in [-0.05, 0) is 55.7 Å². The molecule has 0 atom stereocenters. The molecule has 0 bridgehead atoms. The van der Waals surface area contributed by atoms with E-state index in [1.165, 1.54) is 0 Å². The van der Waals surface area contributed by atoms with Gasteiger partial charge in [0.2, 0.25) is 5.91 Å². The first kappa shape index (κ1) is 24.8. The molecule has 2 amide bonds. The van der Waals surface area contributed by atoms with Gasteiger partial charge in [-0.25, -0.2) is 0 Å². The molecule has 0 aliphatic carbocycles. The predicted octanol–water partition coefficient (Wildman–Crippen LogP) is 4.85.